The van der Waals surface area contributed by atoms with Crippen molar-refractivity contribution >= 4 is 5.84 Å². The first-order chi connectivity index (χ1) is 7.12. The maximum Gasteiger partial charge on any atom is 0.0966 e. The number of nitrogens with one attached hydrogen (secondary N) is 1. The maximum absolute atomic E-state index is 7.60. The van der Waals surface area contributed by atoms with Crippen LogP contribution in [0.25, 0.3) is 0 Å². The van der Waals surface area contributed by atoms with Crippen LogP contribution in [0.3, 0.4) is 0 Å². The van der Waals surface area contributed by atoms with E-state index in [1.54, 1.807) is 0 Å². The van der Waals surface area contributed by atoms with Gasteiger partial charge in [0.05, 0.1) is 12.4 Å². The minimum atomic E-state index is -0.0596. The quantitative estimate of drug-likeness (QED) is 0.525. The Kier molecular flexibility index (Phi) is 2.98. The van der Waals surface area contributed by atoms with E-state index in [1.807, 2.05) is 0 Å². The molecule has 2 aliphatic rings. The number of hydrogen-bond acceptors (Lipinski definition) is 3. The van der Waals surface area contributed by atoms with Crippen molar-refractivity contribution < 1.29 is 4.74 Å². The van der Waals surface area contributed by atoms with Gasteiger partial charge in [-0.1, -0.05) is 6.92 Å². The van der Waals surface area contributed by atoms with Crippen molar-refractivity contribution in [2.45, 2.75) is 32.2 Å². The second-order valence-corrected chi connectivity index (χ2v) is 5.03. The first kappa shape index (κ1) is 10.9. The van der Waals surface area contributed by atoms with Gasteiger partial charge in [0.15, 0.2) is 0 Å². The third-order valence-electron chi connectivity index (χ3n) is 3.97. The SMILES string of the molecule is CC1(C(=N)N)CCN(C2CCOC2)CC1. The number of ether oxygens (including phenoxy) is 1. The van der Waals surface area contributed by atoms with E-state index in [2.05, 4.69) is 11.8 Å². The van der Waals surface area contributed by atoms with Gasteiger partial charge in [0.25, 0.3) is 0 Å². The summed E-state index contributed by atoms with van der Waals surface area (Å²) in [7, 11) is 0. The maximum atomic E-state index is 7.60. The smallest absolute Gasteiger partial charge is 0.0966 e. The van der Waals surface area contributed by atoms with Crippen molar-refractivity contribution in [3.63, 3.8) is 0 Å². The molecule has 4 heteroatoms. The van der Waals surface area contributed by atoms with E-state index < -0.39 is 0 Å². The van der Waals surface area contributed by atoms with Crippen molar-refractivity contribution in [2.75, 3.05) is 26.3 Å². The molecule has 0 aromatic rings. The van der Waals surface area contributed by atoms with Gasteiger partial charge in [-0.3, -0.25) is 10.3 Å². The molecule has 2 heterocycles. The molecule has 0 aromatic heterocycles. The zero-order chi connectivity index (χ0) is 10.9. The second kappa shape index (κ2) is 4.10. The van der Waals surface area contributed by atoms with Crippen LogP contribution in [0.15, 0.2) is 0 Å². The lowest BCUT2D eigenvalue weighted by Gasteiger charge is -2.40. The monoisotopic (exact) mass is 211 g/mol. The Labute approximate surface area is 91.3 Å². The molecule has 1 unspecified atom stereocenters. The number of hydrogen-bond donors (Lipinski definition) is 2. The molecule has 0 spiro atoms. The number of piperidine rings is 1. The van der Waals surface area contributed by atoms with Gasteiger partial charge in [-0.15, -0.1) is 0 Å². The van der Waals surface area contributed by atoms with E-state index in [0.717, 1.165) is 45.6 Å². The number of rotatable bonds is 2. The summed E-state index contributed by atoms with van der Waals surface area (Å²) >= 11 is 0. The molecule has 2 rings (SSSR count). The Morgan fingerprint density at radius 2 is 2.13 bits per heavy atom. The molecule has 0 amide bonds. The standard InChI is InChI=1S/C11H21N3O/c1-11(10(12)13)3-5-14(6-4-11)9-2-7-15-8-9/h9H,2-8H2,1H3,(H3,12,13). The third-order valence-corrected chi connectivity index (χ3v) is 3.97. The number of nitrogens with zero attached hydrogens (tertiary/aromatic N) is 1. The summed E-state index contributed by atoms with van der Waals surface area (Å²) in [6.45, 7) is 6.02. The van der Waals surface area contributed by atoms with Gasteiger partial charge in [0.1, 0.15) is 0 Å². The first-order valence-electron chi connectivity index (χ1n) is 5.78. The zero-order valence-electron chi connectivity index (χ0n) is 9.46. The molecule has 0 bridgehead atoms. The summed E-state index contributed by atoms with van der Waals surface area (Å²) in [5.74, 6) is 0.352. The highest BCUT2D eigenvalue weighted by Crippen LogP contribution is 2.32. The number of amidine groups is 1. The normalized spacial score (nSPS) is 31.7. The summed E-state index contributed by atoms with van der Waals surface area (Å²) in [5, 5.41) is 7.60. The van der Waals surface area contributed by atoms with E-state index in [1.165, 1.54) is 0 Å². The minimum absolute atomic E-state index is 0.0596. The van der Waals surface area contributed by atoms with Crippen LogP contribution < -0.4 is 5.73 Å². The van der Waals surface area contributed by atoms with Crippen LogP contribution >= 0.6 is 0 Å². The van der Waals surface area contributed by atoms with Gasteiger partial charge in [0, 0.05) is 18.1 Å². The van der Waals surface area contributed by atoms with Gasteiger partial charge in [-0.2, -0.15) is 0 Å². The van der Waals surface area contributed by atoms with E-state index in [0.29, 0.717) is 11.9 Å². The highest BCUT2D eigenvalue weighted by Gasteiger charge is 2.35. The van der Waals surface area contributed by atoms with E-state index >= 15 is 0 Å². The van der Waals surface area contributed by atoms with E-state index in [9.17, 15) is 0 Å². The lowest BCUT2D eigenvalue weighted by Crippen LogP contribution is -2.48. The van der Waals surface area contributed by atoms with Gasteiger partial charge in [0.2, 0.25) is 0 Å². The second-order valence-electron chi connectivity index (χ2n) is 5.03. The topological polar surface area (TPSA) is 62.3 Å². The summed E-state index contributed by atoms with van der Waals surface area (Å²) in [5.41, 5.74) is 5.58. The first-order valence-corrected chi connectivity index (χ1v) is 5.78. The Hall–Kier alpha value is -0.610. The molecular formula is C11H21N3O. The Balaban J connectivity index is 1.88. The molecule has 2 fully saturated rings. The fraction of sp³-hybridized carbons (Fsp3) is 0.909. The lowest BCUT2D eigenvalue weighted by molar-refractivity contribution is 0.0989. The van der Waals surface area contributed by atoms with Crippen LogP contribution in [-0.4, -0.2) is 43.1 Å². The van der Waals surface area contributed by atoms with Crippen LogP contribution in [-0.2, 0) is 4.74 Å². The van der Waals surface area contributed by atoms with Crippen LogP contribution in [0, 0.1) is 10.8 Å². The Morgan fingerprint density at radius 1 is 1.47 bits per heavy atom. The van der Waals surface area contributed by atoms with Gasteiger partial charge in [-0.05, 0) is 32.4 Å². The van der Waals surface area contributed by atoms with Crippen LogP contribution in [0.4, 0.5) is 0 Å². The predicted octanol–water partition coefficient (Wildman–Crippen LogP) is 0.813. The number of nitrogens with two attached hydrogens (primary N) is 1. The molecule has 1 atom stereocenters. The van der Waals surface area contributed by atoms with Crippen LogP contribution in [0.2, 0.25) is 0 Å². The predicted molar refractivity (Wildman–Crippen MR) is 60.1 cm³/mol. The van der Waals surface area contributed by atoms with Crippen LogP contribution in [0.1, 0.15) is 26.2 Å². The lowest BCUT2D eigenvalue weighted by atomic mass is 9.79. The number of likely N-dealkylation sites (tertiary alicyclic amines) is 1. The highest BCUT2D eigenvalue weighted by atomic mass is 16.5. The summed E-state index contributed by atoms with van der Waals surface area (Å²) < 4.78 is 5.40. The summed E-state index contributed by atoms with van der Waals surface area (Å²) in [4.78, 5) is 2.50. The summed E-state index contributed by atoms with van der Waals surface area (Å²) in [6.07, 6.45) is 3.19. The average molecular weight is 211 g/mol. The highest BCUT2D eigenvalue weighted by molar-refractivity contribution is 5.83. The molecule has 2 aliphatic heterocycles. The van der Waals surface area contributed by atoms with Gasteiger partial charge >= 0.3 is 0 Å². The molecule has 0 aliphatic carbocycles. The molecular weight excluding hydrogens is 190 g/mol. The van der Waals surface area contributed by atoms with Gasteiger partial charge in [-0.25, -0.2) is 0 Å². The summed E-state index contributed by atoms with van der Waals surface area (Å²) in [6, 6.07) is 0.613. The molecule has 3 N–H and O–H groups in total. The Bertz CT molecular complexity index is 240. The van der Waals surface area contributed by atoms with Crippen molar-refractivity contribution in [2.24, 2.45) is 11.1 Å². The molecule has 4 nitrogen and oxygen atoms in total. The largest absolute Gasteiger partial charge is 0.387 e. The molecule has 2 saturated heterocycles. The van der Waals surface area contributed by atoms with Gasteiger partial charge < -0.3 is 10.5 Å². The molecule has 15 heavy (non-hydrogen) atoms. The van der Waals surface area contributed by atoms with E-state index in [-0.39, 0.29) is 5.41 Å². The minimum Gasteiger partial charge on any atom is -0.387 e. The van der Waals surface area contributed by atoms with Crippen LogP contribution in [0.5, 0.6) is 0 Å². The third kappa shape index (κ3) is 2.16. The molecule has 0 radical (unpaired) electrons. The molecule has 86 valence electrons. The molecule has 0 saturated carbocycles. The van der Waals surface area contributed by atoms with Crippen molar-refractivity contribution in [3.05, 3.63) is 0 Å². The van der Waals surface area contributed by atoms with Crippen molar-refractivity contribution in [1.29, 1.82) is 5.41 Å². The van der Waals surface area contributed by atoms with Crippen molar-refractivity contribution in [1.82, 2.24) is 4.90 Å². The molecule has 0 aromatic carbocycles. The fourth-order valence-electron chi connectivity index (χ4n) is 2.46. The Morgan fingerprint density at radius 3 is 2.60 bits per heavy atom. The fourth-order valence-corrected chi connectivity index (χ4v) is 2.46. The van der Waals surface area contributed by atoms with E-state index in [4.69, 9.17) is 15.9 Å². The average Bonchev–Trinajstić information content (AvgIpc) is 2.72. The zero-order valence-corrected chi connectivity index (χ0v) is 9.46. The van der Waals surface area contributed by atoms with Crippen molar-refractivity contribution in [3.8, 4) is 0 Å².